The molecule has 0 spiro atoms. The van der Waals surface area contributed by atoms with Crippen molar-refractivity contribution in [2.75, 3.05) is 5.73 Å². The number of hydrogen-bond acceptors (Lipinski definition) is 6. The van der Waals surface area contributed by atoms with Gasteiger partial charge in [0.15, 0.2) is 11.0 Å². The number of nitrogen functional groups attached to an aromatic ring is 1. The fourth-order valence-corrected chi connectivity index (χ4v) is 2.45. The van der Waals surface area contributed by atoms with E-state index in [9.17, 15) is 5.21 Å². The standard InChI is InChI=1S/C12H11N5OS/c1-7-10(8-3-2-4-14-5-8)17(18)11(15-7)9-6-19-12(13)16-9/h2-6,18H,1H3,(H2,13,16). The molecule has 0 unspecified atom stereocenters. The van der Waals surface area contributed by atoms with Crippen LogP contribution in [0.5, 0.6) is 0 Å². The van der Waals surface area contributed by atoms with E-state index in [-0.39, 0.29) is 0 Å². The summed E-state index contributed by atoms with van der Waals surface area (Å²) in [6, 6.07) is 3.67. The average molecular weight is 273 g/mol. The second kappa shape index (κ2) is 4.36. The van der Waals surface area contributed by atoms with Gasteiger partial charge in [0.1, 0.15) is 11.4 Å². The molecule has 96 valence electrons. The van der Waals surface area contributed by atoms with Crippen LogP contribution in [0.3, 0.4) is 0 Å². The number of aromatic nitrogens is 4. The van der Waals surface area contributed by atoms with Crippen molar-refractivity contribution in [1.29, 1.82) is 0 Å². The van der Waals surface area contributed by atoms with Gasteiger partial charge in [-0.25, -0.2) is 9.97 Å². The van der Waals surface area contributed by atoms with Gasteiger partial charge in [0.2, 0.25) is 0 Å². The van der Waals surface area contributed by atoms with Crippen molar-refractivity contribution in [1.82, 2.24) is 19.7 Å². The van der Waals surface area contributed by atoms with Crippen LogP contribution in [0.4, 0.5) is 5.13 Å². The van der Waals surface area contributed by atoms with Gasteiger partial charge in [-0.3, -0.25) is 4.98 Å². The van der Waals surface area contributed by atoms with E-state index >= 15 is 0 Å². The van der Waals surface area contributed by atoms with Crippen molar-refractivity contribution in [3.05, 3.63) is 35.6 Å². The zero-order valence-corrected chi connectivity index (χ0v) is 10.9. The van der Waals surface area contributed by atoms with Gasteiger partial charge in [-0.2, -0.15) is 4.73 Å². The van der Waals surface area contributed by atoms with E-state index in [2.05, 4.69) is 15.0 Å². The van der Waals surface area contributed by atoms with Crippen LogP contribution in [-0.4, -0.2) is 24.9 Å². The average Bonchev–Trinajstić information content (AvgIpc) is 2.95. The minimum atomic E-state index is 0.379. The molecule has 0 aliphatic heterocycles. The molecule has 0 amide bonds. The molecular formula is C12H11N5OS. The molecule has 0 atom stereocenters. The first-order chi connectivity index (χ1) is 9.16. The Morgan fingerprint density at radius 3 is 2.84 bits per heavy atom. The van der Waals surface area contributed by atoms with Gasteiger partial charge >= 0.3 is 0 Å². The molecule has 3 N–H and O–H groups in total. The van der Waals surface area contributed by atoms with Crippen molar-refractivity contribution in [3.8, 4) is 22.8 Å². The van der Waals surface area contributed by atoms with E-state index in [4.69, 9.17) is 5.73 Å². The molecule has 0 aromatic carbocycles. The third-order valence-electron chi connectivity index (χ3n) is 2.71. The highest BCUT2D eigenvalue weighted by atomic mass is 32.1. The molecule has 3 aromatic heterocycles. The summed E-state index contributed by atoms with van der Waals surface area (Å²) < 4.78 is 1.03. The quantitative estimate of drug-likeness (QED) is 0.698. The SMILES string of the molecule is Cc1nc(-c2csc(N)n2)n(O)c1-c1cccnc1. The predicted octanol–water partition coefficient (Wildman–Crippen LogP) is 2.20. The van der Waals surface area contributed by atoms with Crippen LogP contribution in [0.1, 0.15) is 5.69 Å². The lowest BCUT2D eigenvalue weighted by molar-refractivity contribution is 0.195. The molecule has 0 saturated carbocycles. The zero-order chi connectivity index (χ0) is 13.4. The third kappa shape index (κ3) is 1.93. The summed E-state index contributed by atoms with van der Waals surface area (Å²) in [6.45, 7) is 1.83. The van der Waals surface area contributed by atoms with E-state index in [0.717, 1.165) is 10.3 Å². The third-order valence-corrected chi connectivity index (χ3v) is 3.39. The maximum atomic E-state index is 10.3. The fraction of sp³-hybridized carbons (Fsp3) is 0.0833. The summed E-state index contributed by atoms with van der Waals surface area (Å²) in [4.78, 5) is 12.5. The molecule has 3 rings (SSSR count). The van der Waals surface area contributed by atoms with Crippen LogP contribution >= 0.6 is 11.3 Å². The number of thiazole rings is 1. The molecule has 0 saturated heterocycles. The molecule has 0 aliphatic rings. The van der Waals surface area contributed by atoms with E-state index in [1.165, 1.54) is 11.3 Å². The topological polar surface area (TPSA) is 89.8 Å². The first-order valence-corrected chi connectivity index (χ1v) is 6.45. The molecule has 0 bridgehead atoms. The molecule has 6 nitrogen and oxygen atoms in total. The number of aryl methyl sites for hydroxylation is 1. The van der Waals surface area contributed by atoms with Crippen LogP contribution in [-0.2, 0) is 0 Å². The molecule has 3 aromatic rings. The Hall–Kier alpha value is -2.41. The summed E-state index contributed by atoms with van der Waals surface area (Å²) in [5, 5.41) is 12.5. The summed E-state index contributed by atoms with van der Waals surface area (Å²) in [5.41, 5.74) is 8.27. The normalized spacial score (nSPS) is 10.8. The van der Waals surface area contributed by atoms with Gasteiger partial charge < -0.3 is 10.9 Å². The molecule has 0 aliphatic carbocycles. The number of hydrogen-bond donors (Lipinski definition) is 2. The summed E-state index contributed by atoms with van der Waals surface area (Å²) >= 11 is 1.31. The summed E-state index contributed by atoms with van der Waals surface area (Å²) in [7, 11) is 0. The largest absolute Gasteiger partial charge is 0.426 e. The minimum absolute atomic E-state index is 0.379. The van der Waals surface area contributed by atoms with Crippen LogP contribution in [0.2, 0.25) is 0 Å². The highest BCUT2D eigenvalue weighted by molar-refractivity contribution is 7.13. The highest BCUT2D eigenvalue weighted by Crippen LogP contribution is 2.29. The first-order valence-electron chi connectivity index (χ1n) is 5.57. The number of nitrogens with two attached hydrogens (primary N) is 1. The van der Waals surface area contributed by atoms with Crippen molar-refractivity contribution < 1.29 is 5.21 Å². The molecule has 0 radical (unpaired) electrons. The van der Waals surface area contributed by atoms with Crippen molar-refractivity contribution in [2.45, 2.75) is 6.92 Å². The van der Waals surface area contributed by atoms with Gasteiger partial charge in [-0.05, 0) is 19.1 Å². The molecular weight excluding hydrogens is 262 g/mol. The minimum Gasteiger partial charge on any atom is -0.426 e. The van der Waals surface area contributed by atoms with Gasteiger partial charge in [0, 0.05) is 23.3 Å². The van der Waals surface area contributed by atoms with Crippen molar-refractivity contribution in [2.24, 2.45) is 0 Å². The number of nitrogens with zero attached hydrogens (tertiary/aromatic N) is 4. The smallest absolute Gasteiger partial charge is 0.195 e. The van der Waals surface area contributed by atoms with Gasteiger partial charge in [0.05, 0.1) is 5.69 Å². The van der Waals surface area contributed by atoms with Crippen molar-refractivity contribution in [3.63, 3.8) is 0 Å². The van der Waals surface area contributed by atoms with Gasteiger partial charge in [0.25, 0.3) is 0 Å². The van der Waals surface area contributed by atoms with Crippen LogP contribution in [0.25, 0.3) is 22.8 Å². The number of pyridine rings is 1. The van der Waals surface area contributed by atoms with Crippen LogP contribution in [0, 0.1) is 6.92 Å². The number of imidazole rings is 1. The molecule has 3 heterocycles. The monoisotopic (exact) mass is 273 g/mol. The van der Waals surface area contributed by atoms with E-state index in [1.54, 1.807) is 17.8 Å². The van der Waals surface area contributed by atoms with Crippen LogP contribution in [0.15, 0.2) is 29.9 Å². The fourth-order valence-electron chi connectivity index (χ4n) is 1.91. The maximum absolute atomic E-state index is 10.3. The van der Waals surface area contributed by atoms with E-state index in [0.29, 0.717) is 28.0 Å². The lowest BCUT2D eigenvalue weighted by Gasteiger charge is -2.03. The Morgan fingerprint density at radius 1 is 1.37 bits per heavy atom. The predicted molar refractivity (Wildman–Crippen MR) is 72.9 cm³/mol. The maximum Gasteiger partial charge on any atom is 0.195 e. The second-order valence-electron chi connectivity index (χ2n) is 3.99. The number of rotatable bonds is 2. The Labute approximate surface area is 113 Å². The number of anilines is 1. The molecule has 19 heavy (non-hydrogen) atoms. The van der Waals surface area contributed by atoms with Crippen LogP contribution < -0.4 is 5.73 Å². The lowest BCUT2D eigenvalue weighted by atomic mass is 10.2. The molecule has 0 fully saturated rings. The first kappa shape index (κ1) is 11.7. The Balaban J connectivity index is 2.16. The zero-order valence-electron chi connectivity index (χ0n) is 10.1. The Morgan fingerprint density at radius 2 is 2.21 bits per heavy atom. The van der Waals surface area contributed by atoms with Gasteiger partial charge in [-0.15, -0.1) is 11.3 Å². The summed E-state index contributed by atoms with van der Waals surface area (Å²) in [6.07, 6.45) is 3.36. The van der Waals surface area contributed by atoms with E-state index < -0.39 is 0 Å². The molecule has 7 heteroatoms. The lowest BCUT2D eigenvalue weighted by Crippen LogP contribution is -1.98. The van der Waals surface area contributed by atoms with Crippen molar-refractivity contribution >= 4 is 16.5 Å². The van der Waals surface area contributed by atoms with E-state index in [1.807, 2.05) is 19.1 Å². The summed E-state index contributed by atoms with van der Waals surface area (Å²) in [5.74, 6) is 0.379. The highest BCUT2D eigenvalue weighted by Gasteiger charge is 2.18. The Kier molecular flexibility index (Phi) is 2.68. The second-order valence-corrected chi connectivity index (χ2v) is 4.88. The Bertz CT molecular complexity index is 719. The van der Waals surface area contributed by atoms with Gasteiger partial charge in [-0.1, -0.05) is 0 Å².